The Balaban J connectivity index is 1.76. The number of carbonyl (C=O) groups is 3. The van der Waals surface area contributed by atoms with E-state index in [9.17, 15) is 14.4 Å². The molecule has 0 aliphatic rings. The van der Waals surface area contributed by atoms with Crippen LogP contribution in [0.1, 0.15) is 52.0 Å². The zero-order chi connectivity index (χ0) is 26.9. The van der Waals surface area contributed by atoms with E-state index in [1.807, 2.05) is 43.5 Å². The molecular weight excluding hydrogens is 490 g/mol. The molecule has 0 spiro atoms. The van der Waals surface area contributed by atoms with Gasteiger partial charge in [0.25, 0.3) is 5.91 Å². The molecule has 1 aromatic heterocycles. The van der Waals surface area contributed by atoms with Crippen LogP contribution >= 0.6 is 11.8 Å². The third kappa shape index (κ3) is 7.07. The van der Waals surface area contributed by atoms with E-state index < -0.39 is 12.0 Å². The van der Waals surface area contributed by atoms with E-state index in [1.54, 1.807) is 36.4 Å². The molecule has 3 rings (SSSR count). The predicted octanol–water partition coefficient (Wildman–Crippen LogP) is 4.42. The van der Waals surface area contributed by atoms with E-state index in [4.69, 9.17) is 4.74 Å². The highest BCUT2D eigenvalue weighted by Crippen LogP contribution is 2.26. The molecule has 0 saturated heterocycles. The Kier molecular flexibility index (Phi) is 9.62. The first-order valence-corrected chi connectivity index (χ1v) is 12.7. The van der Waals surface area contributed by atoms with Gasteiger partial charge in [-0.3, -0.25) is 9.59 Å². The second kappa shape index (κ2) is 12.9. The van der Waals surface area contributed by atoms with Gasteiger partial charge in [-0.25, -0.2) is 4.79 Å². The molecule has 10 heteroatoms. The van der Waals surface area contributed by atoms with Crippen molar-refractivity contribution in [2.75, 3.05) is 18.2 Å². The number of hydrogen-bond donors (Lipinski definition) is 2. The maximum atomic E-state index is 13.0. The molecule has 0 radical (unpaired) electrons. The number of carbonyl (C=O) groups excluding carboxylic acids is 3. The molecule has 194 valence electrons. The summed E-state index contributed by atoms with van der Waals surface area (Å²) in [5, 5.41) is 15.0. The second-order valence-electron chi connectivity index (χ2n) is 8.68. The summed E-state index contributed by atoms with van der Waals surface area (Å²) in [6.07, 6.45) is 1.71. The van der Waals surface area contributed by atoms with Crippen LogP contribution in [0.5, 0.6) is 0 Å². The molecule has 0 aliphatic heterocycles. The van der Waals surface area contributed by atoms with Gasteiger partial charge < -0.3 is 19.9 Å². The Bertz CT molecular complexity index is 1290. The summed E-state index contributed by atoms with van der Waals surface area (Å²) in [5.41, 5.74) is 2.20. The highest BCUT2D eigenvalue weighted by Gasteiger charge is 2.26. The van der Waals surface area contributed by atoms with E-state index >= 15 is 0 Å². The van der Waals surface area contributed by atoms with Gasteiger partial charge >= 0.3 is 5.97 Å². The van der Waals surface area contributed by atoms with Crippen molar-refractivity contribution in [3.8, 4) is 0 Å². The molecule has 9 nitrogen and oxygen atoms in total. The van der Waals surface area contributed by atoms with Crippen LogP contribution in [0.3, 0.4) is 0 Å². The minimum atomic E-state index is -0.536. The van der Waals surface area contributed by atoms with Gasteiger partial charge in [-0.2, -0.15) is 0 Å². The van der Waals surface area contributed by atoms with E-state index in [2.05, 4.69) is 27.4 Å². The lowest BCUT2D eigenvalue weighted by Gasteiger charge is -2.22. The smallest absolute Gasteiger partial charge is 0.339 e. The van der Waals surface area contributed by atoms with Gasteiger partial charge in [0.05, 0.1) is 30.2 Å². The molecule has 2 N–H and O–H groups in total. The number of aryl methyl sites for hydroxylation is 1. The highest BCUT2D eigenvalue weighted by atomic mass is 32.2. The first kappa shape index (κ1) is 27.7. The third-order valence-electron chi connectivity index (χ3n) is 5.51. The van der Waals surface area contributed by atoms with E-state index in [0.717, 1.165) is 5.56 Å². The summed E-state index contributed by atoms with van der Waals surface area (Å²) in [5.74, 6) is -0.413. The number of benzene rings is 2. The van der Waals surface area contributed by atoms with Crippen LogP contribution in [-0.2, 0) is 16.1 Å². The predicted molar refractivity (Wildman–Crippen MR) is 144 cm³/mol. The lowest BCUT2D eigenvalue weighted by Crippen LogP contribution is -2.34. The van der Waals surface area contributed by atoms with Crippen LogP contribution in [0.25, 0.3) is 0 Å². The molecular formula is C27H31N5O4S. The quantitative estimate of drug-likeness (QED) is 0.218. The topological polar surface area (TPSA) is 115 Å². The number of nitrogens with zero attached hydrogens (tertiary/aromatic N) is 3. The number of nitrogens with one attached hydrogen (secondary N) is 2. The standard InChI is InChI=1S/C27H31N5O4S/c1-6-14-32-24(23(17(2)3)29-25(34)19-11-9-10-18(4)15-19)30-31-27(32)37-16-22(33)28-21-13-8-7-12-20(21)26(35)36-5/h6-13,15,17,23H,1,14,16H2,2-5H3,(H,28,33)(H,29,34)/t23-/m0/s1. The Morgan fingerprint density at radius 2 is 1.89 bits per heavy atom. The Hall–Kier alpha value is -3.92. The zero-order valence-electron chi connectivity index (χ0n) is 21.4. The number of ether oxygens (including phenoxy) is 1. The number of methoxy groups -OCH3 is 1. The van der Waals surface area contributed by atoms with Crippen LogP contribution in [0.4, 0.5) is 5.69 Å². The average Bonchev–Trinajstić information content (AvgIpc) is 3.27. The Morgan fingerprint density at radius 3 is 2.57 bits per heavy atom. The minimum Gasteiger partial charge on any atom is -0.465 e. The minimum absolute atomic E-state index is 0.0255. The van der Waals surface area contributed by atoms with Crippen molar-refractivity contribution in [2.45, 2.75) is 38.5 Å². The molecule has 0 fully saturated rings. The van der Waals surface area contributed by atoms with Crippen molar-refractivity contribution in [2.24, 2.45) is 5.92 Å². The largest absolute Gasteiger partial charge is 0.465 e. The lowest BCUT2D eigenvalue weighted by atomic mass is 10.0. The van der Waals surface area contributed by atoms with Crippen molar-refractivity contribution in [1.29, 1.82) is 0 Å². The number of allylic oxidation sites excluding steroid dienone is 1. The number of thioether (sulfide) groups is 1. The molecule has 2 amide bonds. The number of aromatic nitrogens is 3. The van der Waals surface area contributed by atoms with Gasteiger partial charge in [-0.15, -0.1) is 16.8 Å². The van der Waals surface area contributed by atoms with E-state index in [1.165, 1.54) is 18.9 Å². The molecule has 37 heavy (non-hydrogen) atoms. The summed E-state index contributed by atoms with van der Waals surface area (Å²) in [6, 6.07) is 13.6. The summed E-state index contributed by atoms with van der Waals surface area (Å²) in [6.45, 7) is 10.2. The van der Waals surface area contributed by atoms with Gasteiger partial charge in [0.15, 0.2) is 11.0 Å². The molecule has 0 unspecified atom stereocenters. The first-order valence-electron chi connectivity index (χ1n) is 11.8. The maximum Gasteiger partial charge on any atom is 0.339 e. The number of amides is 2. The van der Waals surface area contributed by atoms with Crippen molar-refractivity contribution >= 4 is 35.2 Å². The van der Waals surface area contributed by atoms with Gasteiger partial charge in [0.1, 0.15) is 0 Å². The molecule has 0 aliphatic carbocycles. The molecule has 0 saturated carbocycles. The molecule has 0 bridgehead atoms. The van der Waals surface area contributed by atoms with E-state index in [-0.39, 0.29) is 29.0 Å². The van der Waals surface area contributed by atoms with Crippen LogP contribution < -0.4 is 10.6 Å². The molecule has 3 aromatic rings. The number of anilines is 1. The van der Waals surface area contributed by atoms with Crippen molar-refractivity contribution in [3.63, 3.8) is 0 Å². The lowest BCUT2D eigenvalue weighted by molar-refractivity contribution is -0.113. The third-order valence-corrected chi connectivity index (χ3v) is 6.47. The van der Waals surface area contributed by atoms with Crippen LogP contribution in [0, 0.1) is 12.8 Å². The van der Waals surface area contributed by atoms with Gasteiger partial charge in [0, 0.05) is 12.1 Å². The average molecular weight is 522 g/mol. The summed E-state index contributed by atoms with van der Waals surface area (Å²) < 4.78 is 6.62. The van der Waals surface area contributed by atoms with Gasteiger partial charge in [-0.05, 0) is 37.1 Å². The Labute approximate surface area is 220 Å². The van der Waals surface area contributed by atoms with Crippen molar-refractivity contribution < 1.29 is 19.1 Å². The zero-order valence-corrected chi connectivity index (χ0v) is 22.2. The molecule has 1 heterocycles. The fraction of sp³-hybridized carbons (Fsp3) is 0.296. The normalized spacial score (nSPS) is 11.6. The fourth-order valence-electron chi connectivity index (χ4n) is 3.67. The summed E-state index contributed by atoms with van der Waals surface area (Å²) >= 11 is 1.20. The van der Waals surface area contributed by atoms with Crippen molar-refractivity contribution in [3.05, 3.63) is 83.7 Å². The highest BCUT2D eigenvalue weighted by molar-refractivity contribution is 7.99. The first-order chi connectivity index (χ1) is 17.7. The van der Waals surface area contributed by atoms with E-state index in [0.29, 0.717) is 28.8 Å². The number of esters is 1. The SMILES string of the molecule is C=CCn1c(SCC(=O)Nc2ccccc2C(=O)OC)nnc1[C@@H](NC(=O)c1cccc(C)c1)C(C)C. The van der Waals surface area contributed by atoms with Gasteiger partial charge in [-0.1, -0.05) is 61.5 Å². The second-order valence-corrected chi connectivity index (χ2v) is 9.62. The van der Waals surface area contributed by atoms with Crippen molar-refractivity contribution in [1.82, 2.24) is 20.1 Å². The maximum absolute atomic E-state index is 13.0. The Morgan fingerprint density at radius 1 is 1.14 bits per heavy atom. The number of para-hydroxylation sites is 1. The monoisotopic (exact) mass is 521 g/mol. The van der Waals surface area contributed by atoms with Crippen LogP contribution in [0.15, 0.2) is 66.3 Å². The summed E-state index contributed by atoms with van der Waals surface area (Å²) in [7, 11) is 1.29. The number of hydrogen-bond acceptors (Lipinski definition) is 7. The summed E-state index contributed by atoms with van der Waals surface area (Å²) in [4.78, 5) is 37.6. The number of rotatable bonds is 11. The van der Waals surface area contributed by atoms with Gasteiger partial charge in [0.2, 0.25) is 5.91 Å². The molecule has 1 atom stereocenters. The van der Waals surface area contributed by atoms with Crippen LogP contribution in [0.2, 0.25) is 0 Å². The van der Waals surface area contributed by atoms with Crippen LogP contribution in [-0.4, -0.2) is 45.4 Å². The molecule has 2 aromatic carbocycles. The fourth-order valence-corrected chi connectivity index (χ4v) is 4.43.